The molecule has 4 heteroatoms. The zero-order valence-corrected chi connectivity index (χ0v) is 13.8. The summed E-state index contributed by atoms with van der Waals surface area (Å²) in [6, 6.07) is 0.853. The van der Waals surface area contributed by atoms with Crippen LogP contribution in [0.3, 0.4) is 0 Å². The molecule has 0 amide bonds. The van der Waals surface area contributed by atoms with E-state index in [0.717, 1.165) is 38.1 Å². The summed E-state index contributed by atoms with van der Waals surface area (Å²) in [6.45, 7) is 7.78. The molecular weight excluding hydrogens is 252 g/mol. The van der Waals surface area contributed by atoms with E-state index in [1.807, 2.05) is 0 Å². The molecule has 0 saturated heterocycles. The molecule has 1 saturated carbocycles. The number of ether oxygens (including phenoxy) is 2. The maximum Gasteiger partial charge on any atom is 0.0615 e. The summed E-state index contributed by atoms with van der Waals surface area (Å²) in [5.74, 6) is 1.61. The number of hydrogen-bond acceptors (Lipinski definition) is 4. The molecule has 0 heterocycles. The van der Waals surface area contributed by atoms with Crippen molar-refractivity contribution in [2.45, 2.75) is 51.6 Å². The molecular formula is C16H34N2O2. The van der Waals surface area contributed by atoms with Gasteiger partial charge in [0.1, 0.15) is 0 Å². The first kappa shape index (κ1) is 17.9. The Balaban J connectivity index is 2.67. The Morgan fingerprint density at radius 2 is 1.80 bits per heavy atom. The lowest BCUT2D eigenvalue weighted by Crippen LogP contribution is -2.52. The van der Waals surface area contributed by atoms with Gasteiger partial charge in [0.2, 0.25) is 0 Å². The third-order valence-corrected chi connectivity index (χ3v) is 4.80. The second-order valence-corrected chi connectivity index (χ2v) is 6.36. The molecule has 1 rings (SSSR count). The second-order valence-electron chi connectivity index (χ2n) is 6.36. The molecule has 120 valence electrons. The van der Waals surface area contributed by atoms with Crippen molar-refractivity contribution in [3.05, 3.63) is 0 Å². The number of hydrogen-bond donors (Lipinski definition) is 1. The molecule has 1 fully saturated rings. The molecule has 2 N–H and O–H groups in total. The van der Waals surface area contributed by atoms with Gasteiger partial charge in [-0.05, 0) is 31.6 Å². The molecule has 4 nitrogen and oxygen atoms in total. The first-order chi connectivity index (χ1) is 9.63. The van der Waals surface area contributed by atoms with Gasteiger partial charge >= 0.3 is 0 Å². The van der Waals surface area contributed by atoms with E-state index in [1.54, 1.807) is 14.2 Å². The molecule has 0 spiro atoms. The molecule has 0 aliphatic heterocycles. The van der Waals surface area contributed by atoms with Gasteiger partial charge in [-0.1, -0.05) is 19.8 Å². The van der Waals surface area contributed by atoms with Crippen LogP contribution in [0.15, 0.2) is 0 Å². The fourth-order valence-electron chi connectivity index (χ4n) is 3.52. The van der Waals surface area contributed by atoms with Crippen molar-refractivity contribution in [1.29, 1.82) is 0 Å². The summed E-state index contributed by atoms with van der Waals surface area (Å²) in [5.41, 5.74) is 6.12. The molecule has 1 aliphatic carbocycles. The largest absolute Gasteiger partial charge is 0.383 e. The summed E-state index contributed by atoms with van der Waals surface area (Å²) in [4.78, 5) is 2.51. The highest BCUT2D eigenvalue weighted by Crippen LogP contribution is 2.32. The summed E-state index contributed by atoms with van der Waals surface area (Å²) < 4.78 is 10.6. The normalized spacial score (nSPS) is 26.7. The van der Waals surface area contributed by atoms with E-state index in [-0.39, 0.29) is 0 Å². The van der Waals surface area contributed by atoms with Gasteiger partial charge < -0.3 is 15.2 Å². The highest BCUT2D eigenvalue weighted by molar-refractivity contribution is 4.86. The number of nitrogens with two attached hydrogens (primary N) is 1. The Bertz CT molecular complexity index is 243. The molecule has 0 bridgehead atoms. The molecule has 0 aromatic rings. The van der Waals surface area contributed by atoms with Crippen molar-refractivity contribution < 1.29 is 9.47 Å². The lowest BCUT2D eigenvalue weighted by Gasteiger charge is -2.42. The predicted octanol–water partition coefficient (Wildman–Crippen LogP) is 2.12. The first-order valence-corrected chi connectivity index (χ1v) is 8.07. The van der Waals surface area contributed by atoms with Crippen LogP contribution in [0.1, 0.15) is 39.5 Å². The van der Waals surface area contributed by atoms with Crippen LogP contribution in [-0.4, -0.2) is 57.5 Å². The summed E-state index contributed by atoms with van der Waals surface area (Å²) in [5, 5.41) is 0. The third-order valence-electron chi connectivity index (χ3n) is 4.80. The highest BCUT2D eigenvalue weighted by atomic mass is 16.5. The quantitative estimate of drug-likeness (QED) is 0.705. The minimum atomic E-state index is 0.392. The number of methoxy groups -OCH3 is 2. The van der Waals surface area contributed by atoms with Crippen molar-refractivity contribution in [1.82, 2.24) is 4.90 Å². The Morgan fingerprint density at radius 1 is 1.15 bits per heavy atom. The van der Waals surface area contributed by atoms with Crippen molar-refractivity contribution >= 4 is 0 Å². The maximum absolute atomic E-state index is 6.12. The van der Waals surface area contributed by atoms with Crippen molar-refractivity contribution in [2.75, 3.05) is 40.5 Å². The highest BCUT2D eigenvalue weighted by Gasteiger charge is 2.31. The minimum Gasteiger partial charge on any atom is -0.383 e. The molecule has 0 radical (unpaired) electrons. The van der Waals surface area contributed by atoms with E-state index in [9.17, 15) is 0 Å². The van der Waals surface area contributed by atoms with Crippen molar-refractivity contribution in [2.24, 2.45) is 17.6 Å². The van der Waals surface area contributed by atoms with E-state index < -0.39 is 0 Å². The zero-order valence-electron chi connectivity index (χ0n) is 13.8. The van der Waals surface area contributed by atoms with Crippen LogP contribution < -0.4 is 5.73 Å². The Labute approximate surface area is 125 Å². The van der Waals surface area contributed by atoms with Crippen LogP contribution in [0.2, 0.25) is 0 Å². The van der Waals surface area contributed by atoms with E-state index in [4.69, 9.17) is 15.2 Å². The van der Waals surface area contributed by atoms with Crippen LogP contribution in [0.25, 0.3) is 0 Å². The molecule has 20 heavy (non-hydrogen) atoms. The Hall–Kier alpha value is -0.160. The molecule has 2 unspecified atom stereocenters. The van der Waals surface area contributed by atoms with Gasteiger partial charge in [0.25, 0.3) is 0 Å². The summed E-state index contributed by atoms with van der Waals surface area (Å²) in [6.07, 6.45) is 5.31. The number of rotatable bonds is 9. The van der Waals surface area contributed by atoms with Crippen molar-refractivity contribution in [3.63, 3.8) is 0 Å². The van der Waals surface area contributed by atoms with Gasteiger partial charge in [0.15, 0.2) is 0 Å². The topological polar surface area (TPSA) is 47.7 Å². The average molecular weight is 286 g/mol. The van der Waals surface area contributed by atoms with E-state index >= 15 is 0 Å². The SMILES string of the molecule is COCCN(C(C)COC)C(CN)C1CCC(C)CC1. The fourth-order valence-corrected chi connectivity index (χ4v) is 3.52. The van der Waals surface area contributed by atoms with Crippen LogP contribution >= 0.6 is 0 Å². The lowest BCUT2D eigenvalue weighted by atomic mass is 9.78. The average Bonchev–Trinajstić information content (AvgIpc) is 2.45. The fraction of sp³-hybridized carbons (Fsp3) is 1.00. The van der Waals surface area contributed by atoms with Gasteiger partial charge in [-0.3, -0.25) is 4.90 Å². The maximum atomic E-state index is 6.12. The van der Waals surface area contributed by atoms with E-state index in [1.165, 1.54) is 25.7 Å². The van der Waals surface area contributed by atoms with E-state index in [0.29, 0.717) is 12.1 Å². The monoisotopic (exact) mass is 286 g/mol. The molecule has 0 aromatic heterocycles. The third kappa shape index (κ3) is 5.32. The Morgan fingerprint density at radius 3 is 2.30 bits per heavy atom. The number of nitrogens with zero attached hydrogens (tertiary/aromatic N) is 1. The summed E-state index contributed by atoms with van der Waals surface area (Å²) >= 11 is 0. The van der Waals surface area contributed by atoms with Crippen LogP contribution in [0.5, 0.6) is 0 Å². The minimum absolute atomic E-state index is 0.392. The van der Waals surface area contributed by atoms with Gasteiger partial charge in [0, 0.05) is 39.4 Å². The van der Waals surface area contributed by atoms with Crippen LogP contribution in [0.4, 0.5) is 0 Å². The van der Waals surface area contributed by atoms with Crippen LogP contribution in [-0.2, 0) is 9.47 Å². The Kier molecular flexibility index (Phi) is 8.69. The lowest BCUT2D eigenvalue weighted by molar-refractivity contribution is 0.0208. The second kappa shape index (κ2) is 9.72. The molecule has 2 atom stereocenters. The standard InChI is InChI=1S/C16H34N2O2/c1-13-5-7-15(8-6-13)16(11-17)18(9-10-19-3)14(2)12-20-4/h13-16H,5-12,17H2,1-4H3. The molecule has 0 aromatic carbocycles. The van der Waals surface area contributed by atoms with Gasteiger partial charge in [-0.15, -0.1) is 0 Å². The summed E-state index contributed by atoms with van der Waals surface area (Å²) in [7, 11) is 3.53. The van der Waals surface area contributed by atoms with Crippen molar-refractivity contribution in [3.8, 4) is 0 Å². The molecule has 1 aliphatic rings. The van der Waals surface area contributed by atoms with Crippen LogP contribution in [0, 0.1) is 11.8 Å². The van der Waals surface area contributed by atoms with Gasteiger partial charge in [-0.2, -0.15) is 0 Å². The predicted molar refractivity (Wildman–Crippen MR) is 83.9 cm³/mol. The first-order valence-electron chi connectivity index (χ1n) is 8.07. The zero-order chi connectivity index (χ0) is 15.0. The smallest absolute Gasteiger partial charge is 0.0615 e. The van der Waals surface area contributed by atoms with Gasteiger partial charge in [-0.25, -0.2) is 0 Å². The van der Waals surface area contributed by atoms with Gasteiger partial charge in [0.05, 0.1) is 13.2 Å². The van der Waals surface area contributed by atoms with E-state index in [2.05, 4.69) is 18.7 Å².